The van der Waals surface area contributed by atoms with Gasteiger partial charge in [-0.15, -0.1) is 11.3 Å². The van der Waals surface area contributed by atoms with Crippen LogP contribution < -0.4 is 10.5 Å². The average Bonchev–Trinajstić information content (AvgIpc) is 2.80. The molecule has 0 saturated carbocycles. The molecule has 0 fully saturated rings. The summed E-state index contributed by atoms with van der Waals surface area (Å²) in [6, 6.07) is 15.9. The molecule has 90 valence electrons. The van der Waals surface area contributed by atoms with Crippen molar-refractivity contribution in [1.29, 1.82) is 0 Å². The third-order valence-corrected chi connectivity index (χ3v) is 3.83. The minimum absolute atomic E-state index is 0.577. The van der Waals surface area contributed by atoms with Crippen molar-refractivity contribution < 1.29 is 4.74 Å². The molecule has 0 radical (unpaired) electrons. The molecular formula is C15H13NOS. The maximum atomic E-state index is 5.77. The molecule has 2 nitrogen and oxygen atoms in total. The smallest absolute Gasteiger partial charge is 0.121 e. The average molecular weight is 255 g/mol. The largest absolute Gasteiger partial charge is 0.489 e. The molecule has 3 rings (SSSR count). The van der Waals surface area contributed by atoms with E-state index in [-0.39, 0.29) is 0 Å². The van der Waals surface area contributed by atoms with Gasteiger partial charge in [0, 0.05) is 22.0 Å². The zero-order chi connectivity index (χ0) is 12.4. The van der Waals surface area contributed by atoms with Gasteiger partial charge in [-0.25, -0.2) is 0 Å². The zero-order valence-electron chi connectivity index (χ0n) is 9.80. The lowest BCUT2D eigenvalue weighted by Gasteiger charge is -2.06. The molecule has 1 aromatic heterocycles. The van der Waals surface area contributed by atoms with Gasteiger partial charge in [0.1, 0.15) is 12.4 Å². The number of fused-ring (bicyclic) bond motifs is 1. The number of benzene rings is 2. The van der Waals surface area contributed by atoms with Crippen molar-refractivity contribution in [3.05, 3.63) is 59.5 Å². The highest BCUT2D eigenvalue weighted by molar-refractivity contribution is 7.17. The Kier molecular flexibility index (Phi) is 2.90. The van der Waals surface area contributed by atoms with Crippen LogP contribution in [0.15, 0.2) is 53.9 Å². The van der Waals surface area contributed by atoms with E-state index in [1.807, 2.05) is 24.3 Å². The number of nitrogen functional groups attached to an aromatic ring is 1. The fraction of sp³-hybridized carbons (Fsp3) is 0.0667. The van der Waals surface area contributed by atoms with Crippen LogP contribution in [0.2, 0.25) is 0 Å². The Morgan fingerprint density at radius 3 is 2.83 bits per heavy atom. The van der Waals surface area contributed by atoms with Crippen LogP contribution >= 0.6 is 11.3 Å². The molecule has 0 aliphatic rings. The second-order valence-electron chi connectivity index (χ2n) is 4.12. The summed E-state index contributed by atoms with van der Waals surface area (Å²) in [5.74, 6) is 0.810. The lowest BCUT2D eigenvalue weighted by molar-refractivity contribution is 0.308. The third kappa shape index (κ3) is 2.17. The quantitative estimate of drug-likeness (QED) is 0.716. The molecule has 3 heteroatoms. The third-order valence-electron chi connectivity index (χ3n) is 2.81. The normalized spacial score (nSPS) is 10.7. The Labute approximate surface area is 110 Å². The summed E-state index contributed by atoms with van der Waals surface area (Å²) >= 11 is 1.75. The van der Waals surface area contributed by atoms with Gasteiger partial charge in [0.05, 0.1) is 0 Å². The summed E-state index contributed by atoms with van der Waals surface area (Å²) in [6.45, 7) is 0.577. The van der Waals surface area contributed by atoms with E-state index in [4.69, 9.17) is 10.5 Å². The summed E-state index contributed by atoms with van der Waals surface area (Å²) in [5.41, 5.74) is 7.67. The molecule has 3 aromatic rings. The summed E-state index contributed by atoms with van der Waals surface area (Å²) in [5, 5.41) is 3.42. The van der Waals surface area contributed by atoms with Crippen molar-refractivity contribution in [2.75, 3.05) is 5.73 Å². The standard InChI is InChI=1S/C15H13NOS/c16-12-4-3-5-13(8-12)17-9-11-10-18-15-7-2-1-6-14(11)15/h1-8,10H,9,16H2. The van der Waals surface area contributed by atoms with Gasteiger partial charge in [0.2, 0.25) is 0 Å². The topological polar surface area (TPSA) is 35.2 Å². The highest BCUT2D eigenvalue weighted by Gasteiger charge is 2.04. The van der Waals surface area contributed by atoms with Gasteiger partial charge < -0.3 is 10.5 Å². The first-order valence-corrected chi connectivity index (χ1v) is 6.64. The van der Waals surface area contributed by atoms with Gasteiger partial charge in [-0.05, 0) is 29.0 Å². The molecule has 0 saturated heterocycles. The second-order valence-corrected chi connectivity index (χ2v) is 5.03. The van der Waals surface area contributed by atoms with Crippen molar-refractivity contribution in [2.45, 2.75) is 6.61 Å². The fourth-order valence-electron chi connectivity index (χ4n) is 1.91. The van der Waals surface area contributed by atoms with Gasteiger partial charge >= 0.3 is 0 Å². The van der Waals surface area contributed by atoms with Crippen LogP contribution in [0.5, 0.6) is 5.75 Å². The van der Waals surface area contributed by atoms with Crippen molar-refractivity contribution in [1.82, 2.24) is 0 Å². The molecule has 0 bridgehead atoms. The maximum Gasteiger partial charge on any atom is 0.121 e. The molecular weight excluding hydrogens is 242 g/mol. The molecule has 2 aromatic carbocycles. The van der Waals surface area contributed by atoms with Crippen LogP contribution in [0.4, 0.5) is 5.69 Å². The highest BCUT2D eigenvalue weighted by atomic mass is 32.1. The van der Waals surface area contributed by atoms with E-state index >= 15 is 0 Å². The summed E-state index contributed by atoms with van der Waals surface area (Å²) < 4.78 is 7.06. The van der Waals surface area contributed by atoms with Crippen LogP contribution in [-0.4, -0.2) is 0 Å². The molecule has 0 unspecified atom stereocenters. The fourth-order valence-corrected chi connectivity index (χ4v) is 2.86. The molecule has 0 amide bonds. The van der Waals surface area contributed by atoms with Crippen molar-refractivity contribution in [2.24, 2.45) is 0 Å². The zero-order valence-corrected chi connectivity index (χ0v) is 10.6. The van der Waals surface area contributed by atoms with E-state index < -0.39 is 0 Å². The minimum Gasteiger partial charge on any atom is -0.489 e. The SMILES string of the molecule is Nc1cccc(OCc2csc3ccccc23)c1. The van der Waals surface area contributed by atoms with Gasteiger partial charge in [-0.2, -0.15) is 0 Å². The van der Waals surface area contributed by atoms with E-state index in [1.54, 1.807) is 11.3 Å². The number of thiophene rings is 1. The van der Waals surface area contributed by atoms with E-state index in [9.17, 15) is 0 Å². The number of nitrogens with two attached hydrogens (primary N) is 1. The number of hydrogen-bond donors (Lipinski definition) is 1. The first kappa shape index (κ1) is 11.1. The van der Waals surface area contributed by atoms with Crippen LogP contribution in [0.3, 0.4) is 0 Å². The second kappa shape index (κ2) is 4.70. The number of rotatable bonds is 3. The lowest BCUT2D eigenvalue weighted by Crippen LogP contribution is -1.95. The van der Waals surface area contributed by atoms with Crippen LogP contribution in [0.1, 0.15) is 5.56 Å². The van der Waals surface area contributed by atoms with Crippen molar-refractivity contribution in [3.8, 4) is 5.75 Å². The summed E-state index contributed by atoms with van der Waals surface area (Å²) in [6.07, 6.45) is 0. The highest BCUT2D eigenvalue weighted by Crippen LogP contribution is 2.27. The maximum absolute atomic E-state index is 5.77. The molecule has 0 aliphatic carbocycles. The van der Waals surface area contributed by atoms with Gasteiger partial charge in [0.25, 0.3) is 0 Å². The molecule has 0 spiro atoms. The number of anilines is 1. The first-order chi connectivity index (χ1) is 8.83. The van der Waals surface area contributed by atoms with E-state index in [1.165, 1.54) is 15.6 Å². The Morgan fingerprint density at radius 2 is 1.94 bits per heavy atom. The minimum atomic E-state index is 0.577. The van der Waals surface area contributed by atoms with Gasteiger partial charge in [0.15, 0.2) is 0 Å². The lowest BCUT2D eigenvalue weighted by atomic mass is 10.2. The Hall–Kier alpha value is -2.00. The van der Waals surface area contributed by atoms with Crippen LogP contribution in [0.25, 0.3) is 10.1 Å². The monoisotopic (exact) mass is 255 g/mol. The van der Waals surface area contributed by atoms with Crippen molar-refractivity contribution in [3.63, 3.8) is 0 Å². The van der Waals surface area contributed by atoms with E-state index in [0.29, 0.717) is 6.61 Å². The van der Waals surface area contributed by atoms with E-state index in [2.05, 4.69) is 29.6 Å². The first-order valence-electron chi connectivity index (χ1n) is 5.76. The Morgan fingerprint density at radius 1 is 1.06 bits per heavy atom. The summed E-state index contributed by atoms with van der Waals surface area (Å²) in [4.78, 5) is 0. The number of ether oxygens (including phenoxy) is 1. The number of hydrogen-bond acceptors (Lipinski definition) is 3. The molecule has 0 aliphatic heterocycles. The Bertz CT molecular complexity index is 675. The Balaban J connectivity index is 1.81. The van der Waals surface area contributed by atoms with Gasteiger partial charge in [-0.3, -0.25) is 0 Å². The predicted octanol–water partition coefficient (Wildman–Crippen LogP) is 4.06. The van der Waals surface area contributed by atoms with Crippen LogP contribution in [-0.2, 0) is 6.61 Å². The molecule has 0 atom stereocenters. The van der Waals surface area contributed by atoms with Gasteiger partial charge in [-0.1, -0.05) is 24.3 Å². The predicted molar refractivity (Wildman–Crippen MR) is 77.0 cm³/mol. The molecule has 1 heterocycles. The van der Waals surface area contributed by atoms with Crippen LogP contribution in [0, 0.1) is 0 Å². The molecule has 2 N–H and O–H groups in total. The molecule has 18 heavy (non-hydrogen) atoms. The summed E-state index contributed by atoms with van der Waals surface area (Å²) in [7, 11) is 0. The van der Waals surface area contributed by atoms with E-state index in [0.717, 1.165) is 11.4 Å². The van der Waals surface area contributed by atoms with Crippen molar-refractivity contribution >= 4 is 27.1 Å².